The fourth-order valence-corrected chi connectivity index (χ4v) is 1.59. The number of hydrogen-bond acceptors (Lipinski definition) is 4. The van der Waals surface area contributed by atoms with Gasteiger partial charge in [-0.1, -0.05) is 0 Å². The molecule has 5 heteroatoms. The van der Waals surface area contributed by atoms with Crippen molar-refractivity contribution in [3.63, 3.8) is 0 Å². The van der Waals surface area contributed by atoms with Gasteiger partial charge in [0.15, 0.2) is 0 Å². The molecule has 0 aromatic carbocycles. The normalized spacial score (nSPS) is 12.5. The SMILES string of the molecule is CC(=O)NCCC(C)(C)OCCC(C)(C)OCCN. The first-order valence-corrected chi connectivity index (χ1v) is 6.91. The van der Waals surface area contributed by atoms with Crippen LogP contribution >= 0.6 is 0 Å². The van der Waals surface area contributed by atoms with E-state index in [0.717, 1.165) is 12.8 Å². The summed E-state index contributed by atoms with van der Waals surface area (Å²) in [6.07, 6.45) is 1.60. The number of carbonyl (C=O) groups excluding carboxylic acids is 1. The summed E-state index contributed by atoms with van der Waals surface area (Å²) in [4.78, 5) is 10.8. The van der Waals surface area contributed by atoms with Crippen molar-refractivity contribution in [2.24, 2.45) is 5.73 Å². The monoisotopic (exact) mass is 274 g/mol. The number of nitrogens with one attached hydrogen (secondary N) is 1. The number of rotatable bonds is 10. The predicted octanol–water partition coefficient (Wildman–Crippen LogP) is 1.45. The fraction of sp³-hybridized carbons (Fsp3) is 0.929. The standard InChI is InChI=1S/C14H30N2O3/c1-12(17)16-9-6-13(2,3)18-10-7-14(4,5)19-11-8-15/h6-11,15H2,1-5H3,(H,16,17). The van der Waals surface area contributed by atoms with Crippen LogP contribution in [-0.2, 0) is 14.3 Å². The highest BCUT2D eigenvalue weighted by atomic mass is 16.5. The summed E-state index contributed by atoms with van der Waals surface area (Å²) in [5.74, 6) is -0.00730. The minimum absolute atomic E-state index is 0.00730. The van der Waals surface area contributed by atoms with E-state index in [1.807, 2.05) is 27.7 Å². The van der Waals surface area contributed by atoms with Gasteiger partial charge < -0.3 is 20.5 Å². The van der Waals surface area contributed by atoms with Gasteiger partial charge in [0.2, 0.25) is 5.91 Å². The maximum atomic E-state index is 10.8. The molecular weight excluding hydrogens is 244 g/mol. The lowest BCUT2D eigenvalue weighted by Gasteiger charge is -2.29. The Morgan fingerprint density at radius 1 is 1.05 bits per heavy atom. The number of ether oxygens (including phenoxy) is 2. The number of carbonyl (C=O) groups is 1. The molecule has 0 aliphatic carbocycles. The van der Waals surface area contributed by atoms with Gasteiger partial charge in [0, 0.05) is 20.0 Å². The third kappa shape index (κ3) is 10.9. The molecule has 0 bridgehead atoms. The van der Waals surface area contributed by atoms with Crippen LogP contribution in [0.4, 0.5) is 0 Å². The Bertz CT molecular complexity index is 265. The Morgan fingerprint density at radius 2 is 1.58 bits per heavy atom. The second kappa shape index (κ2) is 8.51. The van der Waals surface area contributed by atoms with Gasteiger partial charge >= 0.3 is 0 Å². The number of hydrogen-bond donors (Lipinski definition) is 2. The molecule has 0 saturated carbocycles. The van der Waals surface area contributed by atoms with Crippen LogP contribution in [0.5, 0.6) is 0 Å². The van der Waals surface area contributed by atoms with E-state index in [4.69, 9.17) is 15.2 Å². The van der Waals surface area contributed by atoms with E-state index in [-0.39, 0.29) is 17.1 Å². The van der Waals surface area contributed by atoms with Crippen LogP contribution in [0.15, 0.2) is 0 Å². The van der Waals surface area contributed by atoms with E-state index in [2.05, 4.69) is 5.32 Å². The van der Waals surface area contributed by atoms with Crippen LogP contribution in [0.1, 0.15) is 47.5 Å². The van der Waals surface area contributed by atoms with E-state index in [9.17, 15) is 4.79 Å². The predicted molar refractivity (Wildman–Crippen MR) is 77.0 cm³/mol. The lowest BCUT2D eigenvalue weighted by molar-refractivity contribution is -0.119. The second-order valence-corrected chi connectivity index (χ2v) is 5.99. The average Bonchev–Trinajstić information content (AvgIpc) is 2.25. The van der Waals surface area contributed by atoms with Gasteiger partial charge in [-0.15, -0.1) is 0 Å². The summed E-state index contributed by atoms with van der Waals surface area (Å²) in [5.41, 5.74) is 4.96. The second-order valence-electron chi connectivity index (χ2n) is 5.99. The first-order chi connectivity index (χ1) is 8.68. The summed E-state index contributed by atoms with van der Waals surface area (Å²) < 4.78 is 11.5. The first kappa shape index (κ1) is 18.4. The molecule has 0 aromatic rings. The summed E-state index contributed by atoms with van der Waals surface area (Å²) in [6, 6.07) is 0. The third-order valence-corrected chi connectivity index (χ3v) is 2.91. The molecule has 3 N–H and O–H groups in total. The zero-order valence-electron chi connectivity index (χ0n) is 13.0. The van der Waals surface area contributed by atoms with Crippen molar-refractivity contribution in [1.82, 2.24) is 5.32 Å². The molecular formula is C14H30N2O3. The minimum Gasteiger partial charge on any atom is -0.375 e. The van der Waals surface area contributed by atoms with Crippen molar-refractivity contribution in [2.75, 3.05) is 26.3 Å². The van der Waals surface area contributed by atoms with E-state index >= 15 is 0 Å². The highest BCUT2D eigenvalue weighted by molar-refractivity contribution is 5.72. The van der Waals surface area contributed by atoms with E-state index in [1.165, 1.54) is 6.92 Å². The maximum absolute atomic E-state index is 10.8. The highest BCUT2D eigenvalue weighted by Crippen LogP contribution is 2.18. The minimum atomic E-state index is -0.244. The van der Waals surface area contributed by atoms with Crippen LogP contribution in [0.25, 0.3) is 0 Å². The van der Waals surface area contributed by atoms with Crippen LogP contribution in [0.2, 0.25) is 0 Å². The van der Waals surface area contributed by atoms with Crippen molar-refractivity contribution in [3.8, 4) is 0 Å². The largest absolute Gasteiger partial charge is 0.375 e. The van der Waals surface area contributed by atoms with E-state index in [0.29, 0.717) is 26.3 Å². The van der Waals surface area contributed by atoms with Crippen LogP contribution in [0, 0.1) is 0 Å². The Hall–Kier alpha value is -0.650. The van der Waals surface area contributed by atoms with Crippen molar-refractivity contribution >= 4 is 5.91 Å². The molecule has 0 unspecified atom stereocenters. The summed E-state index contributed by atoms with van der Waals surface area (Å²) in [7, 11) is 0. The van der Waals surface area contributed by atoms with Crippen LogP contribution in [-0.4, -0.2) is 43.4 Å². The highest BCUT2D eigenvalue weighted by Gasteiger charge is 2.22. The molecule has 0 radical (unpaired) electrons. The maximum Gasteiger partial charge on any atom is 0.216 e. The van der Waals surface area contributed by atoms with E-state index < -0.39 is 0 Å². The number of amides is 1. The van der Waals surface area contributed by atoms with Crippen molar-refractivity contribution in [3.05, 3.63) is 0 Å². The van der Waals surface area contributed by atoms with Gasteiger partial charge in [0.1, 0.15) is 0 Å². The summed E-state index contributed by atoms with van der Waals surface area (Å²) in [6.45, 7) is 12.0. The Labute approximate surface area is 117 Å². The Morgan fingerprint density at radius 3 is 2.11 bits per heavy atom. The molecule has 0 spiro atoms. The number of nitrogens with two attached hydrogens (primary N) is 1. The van der Waals surface area contributed by atoms with Gasteiger partial charge in [-0.2, -0.15) is 0 Å². The first-order valence-electron chi connectivity index (χ1n) is 6.91. The smallest absolute Gasteiger partial charge is 0.216 e. The van der Waals surface area contributed by atoms with Gasteiger partial charge in [-0.3, -0.25) is 4.79 Å². The average molecular weight is 274 g/mol. The van der Waals surface area contributed by atoms with Crippen molar-refractivity contribution < 1.29 is 14.3 Å². The zero-order valence-corrected chi connectivity index (χ0v) is 13.0. The van der Waals surface area contributed by atoms with Crippen LogP contribution < -0.4 is 11.1 Å². The zero-order chi connectivity index (χ0) is 14.9. The van der Waals surface area contributed by atoms with Crippen LogP contribution in [0.3, 0.4) is 0 Å². The Kier molecular flexibility index (Phi) is 8.22. The van der Waals surface area contributed by atoms with Crippen molar-refractivity contribution in [2.45, 2.75) is 58.7 Å². The molecule has 0 aliphatic rings. The third-order valence-electron chi connectivity index (χ3n) is 2.91. The lowest BCUT2D eigenvalue weighted by Crippen LogP contribution is -2.34. The molecule has 0 aliphatic heterocycles. The molecule has 0 atom stereocenters. The Balaban J connectivity index is 3.86. The molecule has 0 saturated heterocycles. The topological polar surface area (TPSA) is 73.6 Å². The van der Waals surface area contributed by atoms with E-state index in [1.54, 1.807) is 0 Å². The van der Waals surface area contributed by atoms with Gasteiger partial charge in [-0.25, -0.2) is 0 Å². The molecule has 0 rings (SSSR count). The van der Waals surface area contributed by atoms with Gasteiger partial charge in [0.25, 0.3) is 0 Å². The molecule has 114 valence electrons. The lowest BCUT2D eigenvalue weighted by atomic mass is 10.0. The van der Waals surface area contributed by atoms with Gasteiger partial charge in [0.05, 0.1) is 24.4 Å². The molecule has 0 fully saturated rings. The summed E-state index contributed by atoms with van der Waals surface area (Å²) in [5, 5.41) is 2.78. The quantitative estimate of drug-likeness (QED) is 0.632. The van der Waals surface area contributed by atoms with Gasteiger partial charge in [-0.05, 0) is 40.5 Å². The molecule has 0 aromatic heterocycles. The fourth-order valence-electron chi connectivity index (χ4n) is 1.59. The van der Waals surface area contributed by atoms with Crippen molar-refractivity contribution in [1.29, 1.82) is 0 Å². The molecule has 19 heavy (non-hydrogen) atoms. The molecule has 0 heterocycles. The molecule has 5 nitrogen and oxygen atoms in total. The summed E-state index contributed by atoms with van der Waals surface area (Å²) >= 11 is 0. The molecule has 1 amide bonds.